The van der Waals surface area contributed by atoms with E-state index >= 15 is 0 Å². The molecule has 28 heavy (non-hydrogen) atoms. The smallest absolute Gasteiger partial charge is 0.406 e. The van der Waals surface area contributed by atoms with E-state index in [4.69, 9.17) is 0 Å². The highest BCUT2D eigenvalue weighted by Crippen LogP contribution is 2.25. The Labute approximate surface area is 163 Å². The largest absolute Gasteiger partial charge is 0.573 e. The van der Waals surface area contributed by atoms with Crippen LogP contribution in [-0.2, 0) is 6.54 Å². The van der Waals surface area contributed by atoms with Gasteiger partial charge in [-0.15, -0.1) is 24.5 Å². The van der Waals surface area contributed by atoms with E-state index in [9.17, 15) is 18.0 Å². The maximum atomic E-state index is 12.3. The lowest BCUT2D eigenvalue weighted by Crippen LogP contribution is -2.30. The first-order chi connectivity index (χ1) is 13.3. The number of urea groups is 1. The van der Waals surface area contributed by atoms with Gasteiger partial charge in [0.25, 0.3) is 0 Å². The van der Waals surface area contributed by atoms with Crippen LogP contribution in [-0.4, -0.2) is 29.3 Å². The van der Waals surface area contributed by atoms with E-state index in [1.54, 1.807) is 13.2 Å². The Morgan fingerprint density at radius 2 is 1.96 bits per heavy atom. The standard InChI is InChI=1S/C19H16F3N3O2S/c1-25(12-13-3-2-4-14(11-13)17-23-9-10-28-17)18(26)24-15-5-7-16(8-6-15)27-19(20,21)22/h2-11H,12H2,1H3,(H,24,26). The monoisotopic (exact) mass is 407 g/mol. The summed E-state index contributed by atoms with van der Waals surface area (Å²) in [6.07, 6.45) is -3.02. The summed E-state index contributed by atoms with van der Waals surface area (Å²) in [7, 11) is 1.63. The van der Waals surface area contributed by atoms with Crippen LogP contribution in [0.4, 0.5) is 23.7 Å². The molecule has 3 rings (SSSR count). The van der Waals surface area contributed by atoms with Crippen molar-refractivity contribution in [2.24, 2.45) is 0 Å². The van der Waals surface area contributed by atoms with Crippen LogP contribution in [0.1, 0.15) is 5.56 Å². The van der Waals surface area contributed by atoms with Gasteiger partial charge in [-0.25, -0.2) is 9.78 Å². The van der Waals surface area contributed by atoms with Crippen molar-refractivity contribution in [3.63, 3.8) is 0 Å². The number of nitrogens with one attached hydrogen (secondary N) is 1. The molecule has 5 nitrogen and oxygen atoms in total. The molecule has 9 heteroatoms. The van der Waals surface area contributed by atoms with Crippen molar-refractivity contribution >= 4 is 23.1 Å². The summed E-state index contributed by atoms with van der Waals surface area (Å²) in [5.74, 6) is -0.349. The molecule has 0 aliphatic heterocycles. The van der Waals surface area contributed by atoms with E-state index in [0.29, 0.717) is 12.2 Å². The molecule has 0 unspecified atom stereocenters. The third-order valence-corrected chi connectivity index (χ3v) is 4.53. The zero-order chi connectivity index (χ0) is 20.1. The average molecular weight is 407 g/mol. The molecule has 3 aromatic rings. The summed E-state index contributed by atoms with van der Waals surface area (Å²) in [4.78, 5) is 18.1. The van der Waals surface area contributed by atoms with Crippen molar-refractivity contribution in [2.45, 2.75) is 12.9 Å². The van der Waals surface area contributed by atoms with Crippen LogP contribution in [0.15, 0.2) is 60.1 Å². The summed E-state index contributed by atoms with van der Waals surface area (Å²) in [6.45, 7) is 0.361. The first-order valence-corrected chi connectivity index (χ1v) is 9.05. The van der Waals surface area contributed by atoms with Crippen molar-refractivity contribution in [2.75, 3.05) is 12.4 Å². The van der Waals surface area contributed by atoms with Crippen molar-refractivity contribution in [1.29, 1.82) is 0 Å². The van der Waals surface area contributed by atoms with Gasteiger partial charge in [0.1, 0.15) is 10.8 Å². The van der Waals surface area contributed by atoms with Crippen molar-refractivity contribution in [3.05, 3.63) is 65.7 Å². The molecule has 146 valence electrons. The van der Waals surface area contributed by atoms with Gasteiger partial charge < -0.3 is 15.0 Å². The van der Waals surface area contributed by atoms with Gasteiger partial charge in [0.15, 0.2) is 0 Å². The molecule has 0 saturated carbocycles. The molecule has 1 heterocycles. The summed E-state index contributed by atoms with van der Waals surface area (Å²) in [5.41, 5.74) is 2.27. The molecule has 2 aromatic carbocycles. The molecule has 1 aromatic heterocycles. The minimum Gasteiger partial charge on any atom is -0.406 e. The number of thiazole rings is 1. The van der Waals surface area contributed by atoms with Gasteiger partial charge in [0, 0.05) is 36.4 Å². The Kier molecular flexibility index (Phi) is 5.84. The molecule has 0 fully saturated rings. The second-order valence-electron chi connectivity index (χ2n) is 5.90. The Morgan fingerprint density at radius 1 is 1.21 bits per heavy atom. The Morgan fingerprint density at radius 3 is 2.61 bits per heavy atom. The number of anilines is 1. The van der Waals surface area contributed by atoms with Gasteiger partial charge >= 0.3 is 12.4 Å². The number of aromatic nitrogens is 1. The topological polar surface area (TPSA) is 54.5 Å². The maximum Gasteiger partial charge on any atom is 0.573 e. The Bertz CT molecular complexity index is 928. The fourth-order valence-electron chi connectivity index (χ4n) is 2.47. The predicted molar refractivity (Wildman–Crippen MR) is 101 cm³/mol. The second kappa shape index (κ2) is 8.30. The molecule has 0 aliphatic carbocycles. The van der Waals surface area contributed by atoms with Crippen molar-refractivity contribution in [1.82, 2.24) is 9.88 Å². The number of hydrogen-bond donors (Lipinski definition) is 1. The molecule has 0 saturated heterocycles. The van der Waals surface area contributed by atoms with Crippen molar-refractivity contribution in [3.8, 4) is 16.3 Å². The number of carbonyl (C=O) groups is 1. The normalized spacial score (nSPS) is 11.1. The van der Waals surface area contributed by atoms with Gasteiger partial charge in [-0.05, 0) is 35.9 Å². The summed E-state index contributed by atoms with van der Waals surface area (Å²) >= 11 is 1.53. The molecule has 1 N–H and O–H groups in total. The predicted octanol–water partition coefficient (Wildman–Crippen LogP) is 5.37. The van der Waals surface area contributed by atoms with E-state index in [0.717, 1.165) is 28.3 Å². The number of alkyl halides is 3. The van der Waals surface area contributed by atoms with Crippen LogP contribution >= 0.6 is 11.3 Å². The third-order valence-electron chi connectivity index (χ3n) is 3.71. The van der Waals surface area contributed by atoms with Gasteiger partial charge in [0.2, 0.25) is 0 Å². The Hall–Kier alpha value is -3.07. The highest BCUT2D eigenvalue weighted by Gasteiger charge is 2.30. The van der Waals surface area contributed by atoms with Crippen LogP contribution < -0.4 is 10.1 Å². The van der Waals surface area contributed by atoms with Gasteiger partial charge in [-0.1, -0.05) is 18.2 Å². The van der Waals surface area contributed by atoms with Crippen LogP contribution in [0, 0.1) is 0 Å². The van der Waals surface area contributed by atoms with Gasteiger partial charge in [-0.3, -0.25) is 0 Å². The highest BCUT2D eigenvalue weighted by molar-refractivity contribution is 7.13. The molecule has 0 spiro atoms. The van der Waals surface area contributed by atoms with Crippen LogP contribution in [0.5, 0.6) is 5.75 Å². The molecule has 0 bridgehead atoms. The minimum atomic E-state index is -4.75. The highest BCUT2D eigenvalue weighted by atomic mass is 32.1. The van der Waals surface area contributed by atoms with E-state index in [-0.39, 0.29) is 11.8 Å². The first-order valence-electron chi connectivity index (χ1n) is 8.17. The molecular formula is C19H16F3N3O2S. The number of carbonyl (C=O) groups excluding carboxylic acids is 1. The van der Waals surface area contributed by atoms with Crippen LogP contribution in [0.2, 0.25) is 0 Å². The Balaban J connectivity index is 1.60. The lowest BCUT2D eigenvalue weighted by molar-refractivity contribution is -0.274. The number of benzene rings is 2. The van der Waals surface area contributed by atoms with Crippen LogP contribution in [0.3, 0.4) is 0 Å². The van der Waals surface area contributed by atoms with Crippen molar-refractivity contribution < 1.29 is 22.7 Å². The van der Waals surface area contributed by atoms with E-state index in [1.165, 1.54) is 28.4 Å². The number of nitrogens with zero attached hydrogens (tertiary/aromatic N) is 2. The molecule has 0 radical (unpaired) electrons. The van der Waals surface area contributed by atoms with Gasteiger partial charge in [-0.2, -0.15) is 0 Å². The zero-order valence-electron chi connectivity index (χ0n) is 14.7. The third kappa shape index (κ3) is 5.46. The lowest BCUT2D eigenvalue weighted by atomic mass is 10.1. The SMILES string of the molecule is CN(Cc1cccc(-c2nccs2)c1)C(=O)Nc1ccc(OC(F)(F)F)cc1. The zero-order valence-corrected chi connectivity index (χ0v) is 15.6. The second-order valence-corrected chi connectivity index (χ2v) is 6.79. The van der Waals surface area contributed by atoms with E-state index in [2.05, 4.69) is 15.0 Å². The van der Waals surface area contributed by atoms with Crippen LogP contribution in [0.25, 0.3) is 10.6 Å². The molecule has 0 aliphatic rings. The lowest BCUT2D eigenvalue weighted by Gasteiger charge is -2.18. The maximum absolute atomic E-state index is 12.3. The fourth-order valence-corrected chi connectivity index (χ4v) is 3.11. The quantitative estimate of drug-likeness (QED) is 0.618. The number of ether oxygens (including phenoxy) is 1. The van der Waals surface area contributed by atoms with Gasteiger partial charge in [0.05, 0.1) is 0 Å². The molecule has 0 atom stereocenters. The number of rotatable bonds is 5. The number of hydrogen-bond acceptors (Lipinski definition) is 4. The van der Waals surface area contributed by atoms with E-state index < -0.39 is 6.36 Å². The minimum absolute atomic E-state index is 0.349. The first kappa shape index (κ1) is 19.7. The fraction of sp³-hybridized carbons (Fsp3) is 0.158. The average Bonchev–Trinajstić information content (AvgIpc) is 3.17. The molecular weight excluding hydrogens is 391 g/mol. The molecule has 2 amide bonds. The summed E-state index contributed by atoms with van der Waals surface area (Å²) in [6, 6.07) is 12.3. The summed E-state index contributed by atoms with van der Waals surface area (Å²) in [5, 5.41) is 5.43. The number of halogens is 3. The van der Waals surface area contributed by atoms with E-state index in [1.807, 2.05) is 29.6 Å². The number of amides is 2. The summed E-state index contributed by atoms with van der Waals surface area (Å²) < 4.78 is 40.3.